The first-order valence-electron chi connectivity index (χ1n) is 10.2. The summed E-state index contributed by atoms with van der Waals surface area (Å²) in [5.41, 5.74) is 7.38. The van der Waals surface area contributed by atoms with Crippen molar-refractivity contribution >= 4 is 39.9 Å². The minimum Gasteiger partial charge on any atom is -0.478 e. The number of carboxylic acids is 1. The molecule has 0 bridgehead atoms. The Morgan fingerprint density at radius 1 is 1.19 bits per heavy atom. The monoisotopic (exact) mass is 420 g/mol. The van der Waals surface area contributed by atoms with E-state index in [2.05, 4.69) is 21.9 Å². The van der Waals surface area contributed by atoms with Crippen LogP contribution in [0.5, 0.6) is 0 Å². The minimum atomic E-state index is -0.941. The summed E-state index contributed by atoms with van der Waals surface area (Å²) in [5, 5.41) is 15.4. The molecule has 2 heterocycles. The summed E-state index contributed by atoms with van der Waals surface area (Å²) in [6.07, 6.45) is 9.46. The van der Waals surface area contributed by atoms with E-state index in [0.717, 1.165) is 44.7 Å². The summed E-state index contributed by atoms with van der Waals surface area (Å²) in [7, 11) is 3.94. The maximum absolute atomic E-state index is 11.6. The van der Waals surface area contributed by atoms with Crippen molar-refractivity contribution in [2.75, 3.05) is 11.9 Å². The van der Waals surface area contributed by atoms with Gasteiger partial charge in [0.05, 0.1) is 28.2 Å². The Labute approximate surface area is 185 Å². The molecule has 5 rings (SSSR count). The lowest BCUT2D eigenvalue weighted by Gasteiger charge is -2.21. The molecule has 0 fully saturated rings. The topological polar surface area (TPSA) is 71.2 Å². The number of carboxylic acid groups (broad SMARTS) is 1. The van der Waals surface area contributed by atoms with Gasteiger partial charge in [-0.1, -0.05) is 18.1 Å². The number of aromatic carboxylic acids is 1. The Kier molecular flexibility index (Phi) is 4.53. The summed E-state index contributed by atoms with van der Waals surface area (Å²) < 4.78 is 1.88. The average molecular weight is 420 g/mol. The second kappa shape index (κ2) is 7.40. The van der Waals surface area contributed by atoms with Crippen LogP contribution in [0.4, 0.5) is 11.4 Å². The SMILES string of the molecule is C#Cc1ccc(N(C)c2cccc3c(C4=Cc5nccc(C(=O)O)c5C4)nn(C)c23)cc1. The maximum Gasteiger partial charge on any atom is 0.336 e. The largest absolute Gasteiger partial charge is 0.478 e. The highest BCUT2D eigenvalue weighted by Crippen LogP contribution is 2.38. The third-order valence-electron chi connectivity index (χ3n) is 5.93. The van der Waals surface area contributed by atoms with E-state index in [1.165, 1.54) is 6.20 Å². The second-order valence-electron chi connectivity index (χ2n) is 7.77. The van der Waals surface area contributed by atoms with Crippen LogP contribution < -0.4 is 4.90 Å². The van der Waals surface area contributed by atoms with E-state index >= 15 is 0 Å². The molecule has 0 radical (unpaired) electrons. The van der Waals surface area contributed by atoms with Crippen LogP contribution in [0.1, 0.15) is 32.9 Å². The van der Waals surface area contributed by atoms with Crippen molar-refractivity contribution < 1.29 is 9.90 Å². The van der Waals surface area contributed by atoms with Crippen molar-refractivity contribution in [3.8, 4) is 12.3 Å². The van der Waals surface area contributed by atoms with Gasteiger partial charge in [-0.3, -0.25) is 9.67 Å². The fraction of sp³-hybridized carbons (Fsp3) is 0.115. The second-order valence-corrected chi connectivity index (χ2v) is 7.77. The number of terminal acetylenes is 1. The van der Waals surface area contributed by atoms with Crippen LogP contribution in [0.15, 0.2) is 54.7 Å². The zero-order valence-corrected chi connectivity index (χ0v) is 17.7. The number of allylic oxidation sites excluding steroid dienone is 1. The quantitative estimate of drug-likeness (QED) is 0.492. The first kappa shape index (κ1) is 19.6. The van der Waals surface area contributed by atoms with E-state index in [9.17, 15) is 9.90 Å². The van der Waals surface area contributed by atoms with Gasteiger partial charge in [0.2, 0.25) is 0 Å². The molecule has 0 saturated carbocycles. The molecule has 1 aliphatic rings. The van der Waals surface area contributed by atoms with Crippen molar-refractivity contribution in [1.29, 1.82) is 0 Å². The minimum absolute atomic E-state index is 0.289. The molecule has 0 aliphatic heterocycles. The standard InChI is InChI=1S/C26H20N4O2/c1-4-16-8-10-18(11-9-16)29(2)23-7-5-6-20-24(28-30(3)25(20)23)17-14-21-19(26(31)32)12-13-27-22(21)15-17/h1,5-13,15H,14H2,2-3H3,(H,31,32). The summed E-state index contributed by atoms with van der Waals surface area (Å²) in [5.74, 6) is 1.70. The molecule has 0 saturated heterocycles. The first-order valence-corrected chi connectivity index (χ1v) is 10.2. The Morgan fingerprint density at radius 3 is 2.69 bits per heavy atom. The molecule has 0 spiro atoms. The van der Waals surface area contributed by atoms with Crippen molar-refractivity contribution in [1.82, 2.24) is 14.8 Å². The van der Waals surface area contributed by atoms with Gasteiger partial charge in [-0.15, -0.1) is 6.42 Å². The van der Waals surface area contributed by atoms with Gasteiger partial charge in [-0.2, -0.15) is 5.10 Å². The van der Waals surface area contributed by atoms with Crippen molar-refractivity contribution in [2.24, 2.45) is 7.05 Å². The number of hydrogen-bond acceptors (Lipinski definition) is 4. The molecule has 2 aromatic carbocycles. The van der Waals surface area contributed by atoms with Gasteiger partial charge in [0, 0.05) is 43.4 Å². The van der Waals surface area contributed by atoms with Crippen molar-refractivity contribution in [3.63, 3.8) is 0 Å². The number of aromatic nitrogens is 3. The fourth-order valence-electron chi connectivity index (χ4n) is 4.32. The predicted molar refractivity (Wildman–Crippen MR) is 126 cm³/mol. The van der Waals surface area contributed by atoms with Crippen LogP contribution in [-0.2, 0) is 13.5 Å². The van der Waals surface area contributed by atoms with Crippen LogP contribution in [0.3, 0.4) is 0 Å². The number of aryl methyl sites for hydroxylation is 1. The molecule has 4 aromatic rings. The van der Waals surface area contributed by atoms with Gasteiger partial charge in [-0.05, 0) is 53.6 Å². The summed E-state index contributed by atoms with van der Waals surface area (Å²) in [6, 6.07) is 15.5. The maximum atomic E-state index is 11.6. The molecule has 1 aliphatic carbocycles. The highest BCUT2D eigenvalue weighted by atomic mass is 16.4. The molecule has 6 nitrogen and oxygen atoms in total. The Morgan fingerprint density at radius 2 is 1.97 bits per heavy atom. The smallest absolute Gasteiger partial charge is 0.336 e. The van der Waals surface area contributed by atoms with Crippen LogP contribution >= 0.6 is 0 Å². The highest BCUT2D eigenvalue weighted by Gasteiger charge is 2.25. The Bertz CT molecular complexity index is 1460. The van der Waals surface area contributed by atoms with Gasteiger partial charge in [-0.25, -0.2) is 4.79 Å². The number of fused-ring (bicyclic) bond motifs is 2. The molecular weight excluding hydrogens is 400 g/mol. The molecule has 32 heavy (non-hydrogen) atoms. The number of hydrogen-bond donors (Lipinski definition) is 1. The summed E-state index contributed by atoms with van der Waals surface area (Å²) >= 11 is 0. The molecule has 1 N–H and O–H groups in total. The lowest BCUT2D eigenvalue weighted by Crippen LogP contribution is -2.10. The van der Waals surface area contributed by atoms with Gasteiger partial charge >= 0.3 is 5.97 Å². The fourth-order valence-corrected chi connectivity index (χ4v) is 4.32. The van der Waals surface area contributed by atoms with E-state index in [1.54, 1.807) is 6.07 Å². The molecule has 2 aromatic heterocycles. The van der Waals surface area contributed by atoms with E-state index in [4.69, 9.17) is 11.5 Å². The Hall–Kier alpha value is -4.37. The lowest BCUT2D eigenvalue weighted by molar-refractivity contribution is 0.0695. The normalized spacial score (nSPS) is 12.3. The number of anilines is 2. The number of pyridine rings is 1. The molecule has 6 heteroatoms. The third-order valence-corrected chi connectivity index (χ3v) is 5.93. The van der Waals surface area contributed by atoms with Gasteiger partial charge < -0.3 is 10.0 Å². The highest BCUT2D eigenvalue weighted by molar-refractivity contribution is 6.04. The average Bonchev–Trinajstić information content (AvgIpc) is 3.39. The molecule has 156 valence electrons. The number of rotatable bonds is 4. The van der Waals surface area contributed by atoms with E-state index < -0.39 is 5.97 Å². The first-order chi connectivity index (χ1) is 15.5. The zero-order valence-electron chi connectivity index (χ0n) is 17.7. The molecular formula is C26H20N4O2. The van der Waals surface area contributed by atoms with E-state index in [-0.39, 0.29) is 5.56 Å². The third kappa shape index (κ3) is 3.03. The van der Waals surface area contributed by atoms with Gasteiger partial charge in [0.1, 0.15) is 0 Å². The molecule has 0 amide bonds. The van der Waals surface area contributed by atoms with Gasteiger partial charge in [0.25, 0.3) is 0 Å². The summed E-state index contributed by atoms with van der Waals surface area (Å²) in [4.78, 5) is 18.1. The molecule has 0 unspecified atom stereocenters. The number of carbonyl (C=O) groups is 1. The number of nitrogens with zero attached hydrogens (tertiary/aromatic N) is 4. The predicted octanol–water partition coefficient (Wildman–Crippen LogP) is 4.51. The van der Waals surface area contributed by atoms with Crippen LogP contribution in [0, 0.1) is 12.3 Å². The number of benzene rings is 2. The summed E-state index contributed by atoms with van der Waals surface area (Å²) in [6.45, 7) is 0. The van der Waals surface area contributed by atoms with Crippen LogP contribution in [0.2, 0.25) is 0 Å². The molecule has 0 atom stereocenters. The Balaban J connectivity index is 1.59. The van der Waals surface area contributed by atoms with E-state index in [1.807, 2.05) is 61.3 Å². The van der Waals surface area contributed by atoms with E-state index in [0.29, 0.717) is 12.1 Å². The van der Waals surface area contributed by atoms with Crippen molar-refractivity contribution in [2.45, 2.75) is 6.42 Å². The van der Waals surface area contributed by atoms with Crippen LogP contribution in [0.25, 0.3) is 22.6 Å². The van der Waals surface area contributed by atoms with Crippen molar-refractivity contribution in [3.05, 3.63) is 82.8 Å². The van der Waals surface area contributed by atoms with Gasteiger partial charge in [0.15, 0.2) is 0 Å². The zero-order chi connectivity index (χ0) is 22.4. The lowest BCUT2D eigenvalue weighted by atomic mass is 10.0. The number of para-hydroxylation sites is 1. The van der Waals surface area contributed by atoms with Crippen LogP contribution in [-0.4, -0.2) is 32.9 Å².